The first kappa shape index (κ1) is 9.41. The van der Waals surface area contributed by atoms with Crippen molar-refractivity contribution in [2.75, 3.05) is 6.54 Å². The Hall–Kier alpha value is -1.15. The van der Waals surface area contributed by atoms with Crippen molar-refractivity contribution >= 4 is 6.21 Å². The summed E-state index contributed by atoms with van der Waals surface area (Å²) in [7, 11) is 0. The molecule has 1 aliphatic rings. The SMILES string of the molecule is CC/N=C\C1Cc2ccccc2CN1. The Balaban J connectivity index is 2.09. The number of hydrogen-bond acceptors (Lipinski definition) is 2. The topological polar surface area (TPSA) is 24.4 Å². The zero-order chi connectivity index (χ0) is 9.80. The van der Waals surface area contributed by atoms with Gasteiger partial charge in [0.15, 0.2) is 0 Å². The van der Waals surface area contributed by atoms with E-state index in [0.717, 1.165) is 19.5 Å². The van der Waals surface area contributed by atoms with Crippen LogP contribution in [0.5, 0.6) is 0 Å². The fourth-order valence-electron chi connectivity index (χ4n) is 1.82. The quantitative estimate of drug-likeness (QED) is 0.703. The molecule has 1 atom stereocenters. The molecule has 0 saturated carbocycles. The van der Waals surface area contributed by atoms with Crippen LogP contribution >= 0.6 is 0 Å². The molecular formula is C12H16N2. The lowest BCUT2D eigenvalue weighted by atomic mass is 9.96. The van der Waals surface area contributed by atoms with E-state index in [2.05, 4.69) is 41.5 Å². The Kier molecular flexibility index (Phi) is 2.94. The average Bonchev–Trinajstić information content (AvgIpc) is 2.26. The highest BCUT2D eigenvalue weighted by atomic mass is 14.9. The molecule has 0 bridgehead atoms. The third kappa shape index (κ3) is 2.02. The van der Waals surface area contributed by atoms with Crippen molar-refractivity contribution in [2.45, 2.75) is 25.9 Å². The second-order valence-electron chi connectivity index (χ2n) is 3.61. The standard InChI is InChI=1S/C12H16N2/c1-2-13-9-12-7-10-5-3-4-6-11(10)8-14-12/h3-6,9,12,14H,2,7-8H2,1H3/b13-9-. The summed E-state index contributed by atoms with van der Waals surface area (Å²) in [6.07, 6.45) is 3.11. The highest BCUT2D eigenvalue weighted by Gasteiger charge is 2.14. The van der Waals surface area contributed by atoms with Crippen molar-refractivity contribution in [1.29, 1.82) is 0 Å². The van der Waals surface area contributed by atoms with Gasteiger partial charge in [0, 0.05) is 25.3 Å². The minimum absolute atomic E-state index is 0.421. The third-order valence-electron chi connectivity index (χ3n) is 2.58. The van der Waals surface area contributed by atoms with Gasteiger partial charge in [0.2, 0.25) is 0 Å². The van der Waals surface area contributed by atoms with Gasteiger partial charge in [-0.15, -0.1) is 0 Å². The minimum Gasteiger partial charge on any atom is -0.305 e. The van der Waals surface area contributed by atoms with E-state index < -0.39 is 0 Å². The minimum atomic E-state index is 0.421. The molecule has 0 fully saturated rings. The molecule has 1 unspecified atom stereocenters. The van der Waals surface area contributed by atoms with E-state index >= 15 is 0 Å². The Labute approximate surface area is 85.1 Å². The lowest BCUT2D eigenvalue weighted by Crippen LogP contribution is -2.36. The predicted octanol–water partition coefficient (Wildman–Crippen LogP) is 1.79. The molecule has 14 heavy (non-hydrogen) atoms. The van der Waals surface area contributed by atoms with Crippen molar-refractivity contribution in [3.8, 4) is 0 Å². The number of aliphatic imine (C=N–C) groups is 1. The first-order valence-corrected chi connectivity index (χ1v) is 5.20. The molecule has 1 aromatic rings. The first-order chi connectivity index (χ1) is 6.90. The number of benzene rings is 1. The van der Waals surface area contributed by atoms with Gasteiger partial charge >= 0.3 is 0 Å². The summed E-state index contributed by atoms with van der Waals surface area (Å²) in [5.74, 6) is 0. The Bertz CT molecular complexity index is 331. The molecule has 1 heterocycles. The highest BCUT2D eigenvalue weighted by molar-refractivity contribution is 5.65. The molecular weight excluding hydrogens is 172 g/mol. The predicted molar refractivity (Wildman–Crippen MR) is 59.8 cm³/mol. The molecule has 0 radical (unpaired) electrons. The summed E-state index contributed by atoms with van der Waals surface area (Å²) in [4.78, 5) is 4.28. The van der Waals surface area contributed by atoms with E-state index in [1.165, 1.54) is 11.1 Å². The molecule has 1 aliphatic heterocycles. The molecule has 0 aromatic heterocycles. The maximum absolute atomic E-state index is 4.28. The van der Waals surface area contributed by atoms with Gasteiger partial charge in [-0.1, -0.05) is 24.3 Å². The van der Waals surface area contributed by atoms with Gasteiger partial charge in [0.05, 0.1) is 0 Å². The van der Waals surface area contributed by atoms with Crippen molar-refractivity contribution in [3.63, 3.8) is 0 Å². The van der Waals surface area contributed by atoms with Gasteiger partial charge in [0.25, 0.3) is 0 Å². The second-order valence-corrected chi connectivity index (χ2v) is 3.61. The Morgan fingerprint density at radius 3 is 3.00 bits per heavy atom. The smallest absolute Gasteiger partial charge is 0.0463 e. The van der Waals surface area contributed by atoms with Crippen LogP contribution in [0.4, 0.5) is 0 Å². The van der Waals surface area contributed by atoms with E-state index in [1.807, 2.05) is 6.21 Å². The van der Waals surface area contributed by atoms with Crippen molar-refractivity contribution in [3.05, 3.63) is 35.4 Å². The van der Waals surface area contributed by atoms with Crippen LogP contribution in [0.25, 0.3) is 0 Å². The molecule has 0 spiro atoms. The monoisotopic (exact) mass is 188 g/mol. The van der Waals surface area contributed by atoms with Gasteiger partial charge in [-0.2, -0.15) is 0 Å². The van der Waals surface area contributed by atoms with Crippen molar-refractivity contribution < 1.29 is 0 Å². The highest BCUT2D eigenvalue weighted by Crippen LogP contribution is 2.15. The van der Waals surface area contributed by atoms with Crippen LogP contribution < -0.4 is 5.32 Å². The van der Waals surface area contributed by atoms with Gasteiger partial charge < -0.3 is 5.32 Å². The van der Waals surface area contributed by atoms with Gasteiger partial charge in [-0.05, 0) is 24.5 Å². The maximum Gasteiger partial charge on any atom is 0.0463 e. The molecule has 0 aliphatic carbocycles. The largest absolute Gasteiger partial charge is 0.305 e. The first-order valence-electron chi connectivity index (χ1n) is 5.20. The number of rotatable bonds is 2. The third-order valence-corrected chi connectivity index (χ3v) is 2.58. The lowest BCUT2D eigenvalue weighted by Gasteiger charge is -2.23. The number of fused-ring (bicyclic) bond motifs is 1. The lowest BCUT2D eigenvalue weighted by molar-refractivity contribution is 0.583. The molecule has 2 heteroatoms. The summed E-state index contributed by atoms with van der Waals surface area (Å²) >= 11 is 0. The molecule has 0 saturated heterocycles. The zero-order valence-corrected chi connectivity index (χ0v) is 8.53. The van der Waals surface area contributed by atoms with E-state index in [9.17, 15) is 0 Å². The van der Waals surface area contributed by atoms with Gasteiger partial charge in [0.1, 0.15) is 0 Å². The summed E-state index contributed by atoms with van der Waals surface area (Å²) in [5, 5.41) is 3.46. The van der Waals surface area contributed by atoms with Crippen LogP contribution in [0.3, 0.4) is 0 Å². The van der Waals surface area contributed by atoms with E-state index in [1.54, 1.807) is 0 Å². The van der Waals surface area contributed by atoms with E-state index in [-0.39, 0.29) is 0 Å². The van der Waals surface area contributed by atoms with Crippen LogP contribution in [-0.4, -0.2) is 18.8 Å². The fraction of sp³-hybridized carbons (Fsp3) is 0.417. The van der Waals surface area contributed by atoms with Gasteiger partial charge in [-0.25, -0.2) is 0 Å². The summed E-state index contributed by atoms with van der Waals surface area (Å²) in [6, 6.07) is 9.03. The number of nitrogens with zero attached hydrogens (tertiary/aromatic N) is 1. The Morgan fingerprint density at radius 2 is 2.21 bits per heavy atom. The molecule has 74 valence electrons. The van der Waals surface area contributed by atoms with Crippen LogP contribution in [0.15, 0.2) is 29.3 Å². The summed E-state index contributed by atoms with van der Waals surface area (Å²) < 4.78 is 0. The van der Waals surface area contributed by atoms with Gasteiger partial charge in [-0.3, -0.25) is 4.99 Å². The Morgan fingerprint density at radius 1 is 1.43 bits per heavy atom. The summed E-state index contributed by atoms with van der Waals surface area (Å²) in [6.45, 7) is 3.91. The average molecular weight is 188 g/mol. The zero-order valence-electron chi connectivity index (χ0n) is 8.53. The maximum atomic E-state index is 4.28. The van der Waals surface area contributed by atoms with Crippen LogP contribution in [0.1, 0.15) is 18.1 Å². The fourth-order valence-corrected chi connectivity index (χ4v) is 1.82. The molecule has 1 N–H and O–H groups in total. The number of hydrogen-bond donors (Lipinski definition) is 1. The molecule has 1 aromatic carbocycles. The number of nitrogens with one attached hydrogen (secondary N) is 1. The van der Waals surface area contributed by atoms with Crippen LogP contribution in [-0.2, 0) is 13.0 Å². The van der Waals surface area contributed by atoms with Crippen molar-refractivity contribution in [1.82, 2.24) is 5.32 Å². The second kappa shape index (κ2) is 4.38. The molecule has 2 rings (SSSR count). The van der Waals surface area contributed by atoms with Crippen molar-refractivity contribution in [2.24, 2.45) is 4.99 Å². The molecule has 2 nitrogen and oxygen atoms in total. The molecule has 0 amide bonds. The van der Waals surface area contributed by atoms with E-state index in [4.69, 9.17) is 0 Å². The normalized spacial score (nSPS) is 21.1. The van der Waals surface area contributed by atoms with Crippen LogP contribution in [0, 0.1) is 0 Å². The van der Waals surface area contributed by atoms with E-state index in [0.29, 0.717) is 6.04 Å². The summed E-state index contributed by atoms with van der Waals surface area (Å²) in [5.41, 5.74) is 2.88. The van der Waals surface area contributed by atoms with Crippen LogP contribution in [0.2, 0.25) is 0 Å².